The number of ether oxygens (including phenoxy) is 3. The maximum atomic E-state index is 12.3. The first-order chi connectivity index (χ1) is 11.3. The highest BCUT2D eigenvalue weighted by Gasteiger charge is 2.22. The van der Waals surface area contributed by atoms with Crippen LogP contribution in [0.4, 0.5) is 0 Å². The summed E-state index contributed by atoms with van der Waals surface area (Å²) >= 11 is 0. The zero-order chi connectivity index (χ0) is 18.3. The third-order valence-corrected chi connectivity index (χ3v) is 3.73. The van der Waals surface area contributed by atoms with Crippen molar-refractivity contribution in [1.29, 1.82) is 0 Å². The lowest BCUT2D eigenvalue weighted by molar-refractivity contribution is -0.145. The molecule has 0 bridgehead atoms. The quantitative estimate of drug-likeness (QED) is 0.698. The minimum atomic E-state index is -1.04. The minimum Gasteiger partial charge on any atom is -0.493 e. The fourth-order valence-electron chi connectivity index (χ4n) is 2.27. The first-order valence-corrected chi connectivity index (χ1v) is 7.49. The van der Waals surface area contributed by atoms with Gasteiger partial charge in [0.1, 0.15) is 0 Å². The van der Waals surface area contributed by atoms with Crippen LogP contribution in [-0.4, -0.2) is 44.8 Å². The monoisotopic (exact) mass is 336 g/mol. The van der Waals surface area contributed by atoms with Crippen molar-refractivity contribution in [3.05, 3.63) is 28.8 Å². The van der Waals surface area contributed by atoms with Gasteiger partial charge < -0.3 is 19.3 Å². The summed E-state index contributed by atoms with van der Waals surface area (Å²) in [4.78, 5) is 23.4. The maximum absolute atomic E-state index is 12.3. The number of allylic oxidation sites excluding steroid dienone is 1. The number of carboxylic acids is 1. The maximum Gasteiger partial charge on any atom is 0.309 e. The Balaban J connectivity index is 3.03. The average molecular weight is 336 g/mol. The van der Waals surface area contributed by atoms with E-state index < -0.39 is 11.9 Å². The zero-order valence-corrected chi connectivity index (χ0v) is 14.7. The smallest absolute Gasteiger partial charge is 0.309 e. The molecule has 0 aliphatic heterocycles. The lowest BCUT2D eigenvalue weighted by atomic mass is 9.97. The molecule has 0 saturated carbocycles. The summed E-state index contributed by atoms with van der Waals surface area (Å²) in [5.41, 5.74) is 2.22. The van der Waals surface area contributed by atoms with E-state index in [4.69, 9.17) is 19.3 Å². The van der Waals surface area contributed by atoms with Gasteiger partial charge in [-0.15, -0.1) is 0 Å². The normalized spacial score (nSPS) is 12.6. The van der Waals surface area contributed by atoms with Gasteiger partial charge >= 0.3 is 5.97 Å². The molecule has 0 aliphatic rings. The second-order valence-corrected chi connectivity index (χ2v) is 5.51. The van der Waals surface area contributed by atoms with E-state index in [9.17, 15) is 9.59 Å². The molecule has 6 heteroatoms. The van der Waals surface area contributed by atoms with Gasteiger partial charge in [0.2, 0.25) is 0 Å². The Kier molecular flexibility index (Phi) is 7.45. The van der Waals surface area contributed by atoms with Crippen LogP contribution in [0.25, 0.3) is 6.08 Å². The molecular weight excluding hydrogens is 312 g/mol. The van der Waals surface area contributed by atoms with Crippen LogP contribution in [0.15, 0.2) is 17.7 Å². The van der Waals surface area contributed by atoms with E-state index in [1.54, 1.807) is 33.3 Å². The van der Waals surface area contributed by atoms with E-state index >= 15 is 0 Å². The van der Waals surface area contributed by atoms with Crippen LogP contribution < -0.4 is 9.47 Å². The predicted octanol–water partition coefficient (Wildman–Crippen LogP) is 2.72. The highest BCUT2D eigenvalue weighted by molar-refractivity contribution is 6.00. The summed E-state index contributed by atoms with van der Waals surface area (Å²) in [6, 6.07) is 3.61. The molecule has 0 radical (unpaired) electrons. The van der Waals surface area contributed by atoms with Gasteiger partial charge in [0.15, 0.2) is 17.3 Å². The van der Waals surface area contributed by atoms with Crippen molar-refractivity contribution in [1.82, 2.24) is 0 Å². The standard InChI is InChI=1S/C18H24O6/c1-11-7-16(23-4)17(24-5)9-13(11)6-12(2)15(19)8-14(10-22-3)18(20)21/h6-7,9,14H,8,10H2,1-5H3,(H,20,21)/b12-6+. The topological polar surface area (TPSA) is 82.1 Å². The van der Waals surface area contributed by atoms with Crippen molar-refractivity contribution in [3.63, 3.8) is 0 Å². The Morgan fingerprint density at radius 3 is 2.25 bits per heavy atom. The minimum absolute atomic E-state index is 0.00371. The molecular formula is C18H24O6. The van der Waals surface area contributed by atoms with Crippen LogP contribution >= 0.6 is 0 Å². The van der Waals surface area contributed by atoms with Gasteiger partial charge in [-0.2, -0.15) is 0 Å². The first-order valence-electron chi connectivity index (χ1n) is 7.49. The molecule has 1 aromatic rings. The largest absolute Gasteiger partial charge is 0.493 e. The van der Waals surface area contributed by atoms with E-state index in [1.165, 1.54) is 7.11 Å². The Morgan fingerprint density at radius 1 is 1.17 bits per heavy atom. The van der Waals surface area contributed by atoms with Crippen molar-refractivity contribution in [2.24, 2.45) is 5.92 Å². The summed E-state index contributed by atoms with van der Waals surface area (Å²) in [5, 5.41) is 9.11. The van der Waals surface area contributed by atoms with Crippen molar-refractivity contribution in [2.75, 3.05) is 27.9 Å². The van der Waals surface area contributed by atoms with Gasteiger partial charge in [-0.3, -0.25) is 9.59 Å². The lowest BCUT2D eigenvalue weighted by Gasteiger charge is -2.12. The van der Waals surface area contributed by atoms with Gasteiger partial charge in [-0.05, 0) is 48.8 Å². The van der Waals surface area contributed by atoms with E-state index in [2.05, 4.69) is 0 Å². The van der Waals surface area contributed by atoms with Gasteiger partial charge in [0.05, 0.1) is 26.7 Å². The summed E-state index contributed by atoms with van der Waals surface area (Å²) in [6.07, 6.45) is 1.63. The van der Waals surface area contributed by atoms with E-state index in [0.29, 0.717) is 17.1 Å². The second kappa shape index (κ2) is 9.08. The lowest BCUT2D eigenvalue weighted by Crippen LogP contribution is -2.22. The number of carbonyl (C=O) groups excluding carboxylic acids is 1. The van der Waals surface area contributed by atoms with Crippen LogP contribution in [-0.2, 0) is 14.3 Å². The van der Waals surface area contributed by atoms with Crippen LogP contribution in [0.1, 0.15) is 24.5 Å². The molecule has 0 amide bonds. The third-order valence-electron chi connectivity index (χ3n) is 3.73. The van der Waals surface area contributed by atoms with Crippen molar-refractivity contribution in [3.8, 4) is 11.5 Å². The summed E-state index contributed by atoms with van der Waals surface area (Å²) in [5.74, 6) is -0.939. The fourth-order valence-corrected chi connectivity index (χ4v) is 2.27. The first kappa shape index (κ1) is 19.7. The fraction of sp³-hybridized carbons (Fsp3) is 0.444. The molecule has 0 aliphatic carbocycles. The predicted molar refractivity (Wildman–Crippen MR) is 90.6 cm³/mol. The van der Waals surface area contributed by atoms with E-state index in [-0.39, 0.29) is 18.8 Å². The van der Waals surface area contributed by atoms with Crippen LogP contribution in [0.2, 0.25) is 0 Å². The number of aryl methyl sites for hydroxylation is 1. The highest BCUT2D eigenvalue weighted by Crippen LogP contribution is 2.31. The van der Waals surface area contributed by atoms with E-state index in [0.717, 1.165) is 11.1 Å². The molecule has 0 heterocycles. The van der Waals surface area contributed by atoms with Crippen LogP contribution in [0.5, 0.6) is 11.5 Å². The molecule has 1 aromatic carbocycles. The number of hydrogen-bond donors (Lipinski definition) is 1. The van der Waals surface area contributed by atoms with Gasteiger partial charge in [0.25, 0.3) is 0 Å². The highest BCUT2D eigenvalue weighted by atomic mass is 16.5. The summed E-state index contributed by atoms with van der Waals surface area (Å²) in [6.45, 7) is 3.57. The number of rotatable bonds is 9. The number of hydrogen-bond acceptors (Lipinski definition) is 5. The molecule has 24 heavy (non-hydrogen) atoms. The summed E-state index contributed by atoms with van der Waals surface area (Å²) < 4.78 is 15.4. The molecule has 0 saturated heterocycles. The Morgan fingerprint density at radius 2 is 1.75 bits per heavy atom. The number of aliphatic carboxylic acids is 1. The number of methoxy groups -OCH3 is 3. The molecule has 1 atom stereocenters. The van der Waals surface area contributed by atoms with Crippen molar-refractivity contribution in [2.45, 2.75) is 20.3 Å². The van der Waals surface area contributed by atoms with Crippen LogP contribution in [0.3, 0.4) is 0 Å². The molecule has 1 unspecified atom stereocenters. The van der Waals surface area contributed by atoms with Crippen molar-refractivity contribution >= 4 is 17.8 Å². The Bertz CT molecular complexity index is 633. The Labute approximate surface area is 142 Å². The Hall–Kier alpha value is -2.34. The number of carbonyl (C=O) groups is 2. The second-order valence-electron chi connectivity index (χ2n) is 5.51. The molecule has 0 fully saturated rings. The number of ketones is 1. The zero-order valence-electron chi connectivity index (χ0n) is 14.7. The number of carboxylic acid groups (broad SMARTS) is 1. The van der Waals surface area contributed by atoms with Gasteiger partial charge in [0, 0.05) is 13.5 Å². The van der Waals surface area contributed by atoms with Gasteiger partial charge in [-0.1, -0.05) is 0 Å². The average Bonchev–Trinajstić information content (AvgIpc) is 2.55. The molecule has 1 N–H and O–H groups in total. The molecule has 6 nitrogen and oxygen atoms in total. The third kappa shape index (κ3) is 5.09. The molecule has 1 rings (SSSR count). The number of benzene rings is 1. The summed E-state index contributed by atoms with van der Waals surface area (Å²) in [7, 11) is 4.51. The molecule has 132 valence electrons. The molecule has 0 spiro atoms. The van der Waals surface area contributed by atoms with E-state index in [1.807, 2.05) is 13.0 Å². The SMILES string of the molecule is COCC(CC(=O)/C(C)=C/c1cc(OC)c(OC)cc1C)C(=O)O. The van der Waals surface area contributed by atoms with Gasteiger partial charge in [-0.25, -0.2) is 0 Å². The number of Topliss-reactive ketones (excluding diaryl/α,β-unsaturated/α-hetero) is 1. The van der Waals surface area contributed by atoms with Crippen molar-refractivity contribution < 1.29 is 28.9 Å². The molecule has 0 aromatic heterocycles. The van der Waals surface area contributed by atoms with Crippen LogP contribution in [0, 0.1) is 12.8 Å².